The Balaban J connectivity index is 1.75. The van der Waals surface area contributed by atoms with Crippen molar-refractivity contribution in [2.24, 2.45) is 5.10 Å². The Morgan fingerprint density at radius 3 is 2.46 bits per heavy atom. The normalized spacial score (nSPS) is 11.3. The summed E-state index contributed by atoms with van der Waals surface area (Å²) >= 11 is 0. The molecule has 146 valence electrons. The predicted octanol–water partition coefficient (Wildman–Crippen LogP) is 3.41. The van der Waals surface area contributed by atoms with Gasteiger partial charge in [-0.3, -0.25) is 9.59 Å². The number of carbonyl (C=O) groups excluding carboxylic acids is 2. The molecule has 2 amide bonds. The average molecular weight is 379 g/mol. The zero-order valence-electron chi connectivity index (χ0n) is 16.1. The topological polar surface area (TPSA) is 79.8 Å². The van der Waals surface area contributed by atoms with Gasteiger partial charge < -0.3 is 10.1 Å². The number of amides is 2. The van der Waals surface area contributed by atoms with Gasteiger partial charge in [-0.2, -0.15) is 5.10 Å². The molecular formula is C22H25N3O3. The van der Waals surface area contributed by atoms with Gasteiger partial charge in [-0.15, -0.1) is 0 Å². The second-order valence-corrected chi connectivity index (χ2v) is 6.15. The van der Waals surface area contributed by atoms with E-state index < -0.39 is 5.91 Å². The summed E-state index contributed by atoms with van der Waals surface area (Å²) in [6, 6.07) is 16.6. The van der Waals surface area contributed by atoms with Crippen LogP contribution in [0.15, 0.2) is 65.3 Å². The minimum atomic E-state index is -0.403. The third kappa shape index (κ3) is 7.45. The molecule has 2 aromatic rings. The van der Waals surface area contributed by atoms with Crippen LogP contribution in [0.2, 0.25) is 0 Å². The summed E-state index contributed by atoms with van der Waals surface area (Å²) in [6.07, 6.45) is 4.43. The Bertz CT molecular complexity index is 828. The van der Waals surface area contributed by atoms with Gasteiger partial charge in [-0.05, 0) is 48.7 Å². The zero-order chi connectivity index (χ0) is 20.2. The van der Waals surface area contributed by atoms with Gasteiger partial charge in [0.2, 0.25) is 0 Å². The molecule has 2 N–H and O–H groups in total. The molecule has 0 saturated carbocycles. The molecular weight excluding hydrogens is 354 g/mol. The number of hydrogen-bond acceptors (Lipinski definition) is 4. The minimum Gasteiger partial charge on any atom is -0.494 e. The SMILES string of the molecule is CCCOc1ccc(C(=O)NCC(=O)N/N=C/C(C)=C\c2ccccc2)cc1. The highest BCUT2D eigenvalue weighted by Crippen LogP contribution is 2.12. The number of ether oxygens (including phenoxy) is 1. The second kappa shape index (κ2) is 11.3. The van der Waals surface area contributed by atoms with Gasteiger partial charge in [0.15, 0.2) is 0 Å². The van der Waals surface area contributed by atoms with E-state index in [1.165, 1.54) is 0 Å². The molecule has 6 heteroatoms. The van der Waals surface area contributed by atoms with Crippen LogP contribution in [0, 0.1) is 0 Å². The first kappa shape index (κ1) is 20.9. The van der Waals surface area contributed by atoms with Gasteiger partial charge >= 0.3 is 0 Å². The fraction of sp³-hybridized carbons (Fsp3) is 0.227. The molecule has 0 unspecified atom stereocenters. The number of nitrogens with one attached hydrogen (secondary N) is 2. The summed E-state index contributed by atoms with van der Waals surface area (Å²) in [4.78, 5) is 23.9. The van der Waals surface area contributed by atoms with E-state index in [2.05, 4.69) is 15.8 Å². The molecule has 0 atom stereocenters. The molecule has 0 bridgehead atoms. The molecule has 6 nitrogen and oxygen atoms in total. The maximum absolute atomic E-state index is 12.1. The predicted molar refractivity (Wildman–Crippen MR) is 111 cm³/mol. The Morgan fingerprint density at radius 2 is 1.79 bits per heavy atom. The van der Waals surface area contributed by atoms with Gasteiger partial charge in [0.05, 0.1) is 19.4 Å². The number of rotatable bonds is 9. The van der Waals surface area contributed by atoms with E-state index in [1.54, 1.807) is 30.5 Å². The van der Waals surface area contributed by atoms with Crippen molar-refractivity contribution in [3.8, 4) is 5.75 Å². The number of nitrogens with zero attached hydrogens (tertiary/aromatic N) is 1. The quantitative estimate of drug-likeness (QED) is 0.518. The second-order valence-electron chi connectivity index (χ2n) is 6.15. The van der Waals surface area contributed by atoms with Crippen LogP contribution >= 0.6 is 0 Å². The molecule has 0 saturated heterocycles. The number of carbonyl (C=O) groups is 2. The van der Waals surface area contributed by atoms with E-state index in [1.807, 2.05) is 50.3 Å². The molecule has 28 heavy (non-hydrogen) atoms. The summed E-state index contributed by atoms with van der Waals surface area (Å²) in [5.74, 6) is -0.0225. The first-order valence-corrected chi connectivity index (χ1v) is 9.15. The van der Waals surface area contributed by atoms with Gasteiger partial charge in [-0.25, -0.2) is 5.43 Å². The molecule has 0 heterocycles. The van der Waals surface area contributed by atoms with E-state index in [0.717, 1.165) is 17.6 Å². The van der Waals surface area contributed by atoms with Crippen molar-refractivity contribution in [2.75, 3.05) is 13.2 Å². The van der Waals surface area contributed by atoms with Crippen LogP contribution in [-0.2, 0) is 4.79 Å². The molecule has 2 aromatic carbocycles. The molecule has 0 aliphatic rings. The summed E-state index contributed by atoms with van der Waals surface area (Å²) in [5, 5.41) is 6.46. The number of allylic oxidation sites excluding steroid dienone is 1. The lowest BCUT2D eigenvalue weighted by Crippen LogP contribution is -2.34. The summed E-state index contributed by atoms with van der Waals surface area (Å²) in [6.45, 7) is 4.38. The van der Waals surface area contributed by atoms with Crippen LogP contribution in [0.1, 0.15) is 36.2 Å². The van der Waals surface area contributed by atoms with Crippen LogP contribution in [0.4, 0.5) is 0 Å². The molecule has 0 radical (unpaired) electrons. The molecule has 0 spiro atoms. The lowest BCUT2D eigenvalue weighted by atomic mass is 10.1. The molecule has 0 aromatic heterocycles. The Hall–Kier alpha value is -3.41. The van der Waals surface area contributed by atoms with Gasteiger partial charge in [-0.1, -0.05) is 43.3 Å². The van der Waals surface area contributed by atoms with Crippen molar-refractivity contribution >= 4 is 24.1 Å². The van der Waals surface area contributed by atoms with Crippen LogP contribution in [0.25, 0.3) is 6.08 Å². The molecule has 2 rings (SSSR count). The average Bonchev–Trinajstić information content (AvgIpc) is 2.71. The number of hydrazone groups is 1. The van der Waals surface area contributed by atoms with Crippen molar-refractivity contribution in [1.29, 1.82) is 0 Å². The van der Waals surface area contributed by atoms with Crippen LogP contribution in [0.5, 0.6) is 5.75 Å². The largest absolute Gasteiger partial charge is 0.494 e. The first-order chi connectivity index (χ1) is 13.6. The van der Waals surface area contributed by atoms with Crippen molar-refractivity contribution in [3.63, 3.8) is 0 Å². The van der Waals surface area contributed by atoms with Gasteiger partial charge in [0.1, 0.15) is 5.75 Å². The Morgan fingerprint density at radius 1 is 1.07 bits per heavy atom. The lowest BCUT2D eigenvalue weighted by Gasteiger charge is -2.07. The van der Waals surface area contributed by atoms with Crippen molar-refractivity contribution in [2.45, 2.75) is 20.3 Å². The summed E-state index contributed by atoms with van der Waals surface area (Å²) in [5.41, 5.74) is 4.80. The van der Waals surface area contributed by atoms with Gasteiger partial charge in [0.25, 0.3) is 11.8 Å². The molecule has 0 fully saturated rings. The standard InChI is InChI=1S/C22H25N3O3/c1-3-13-28-20-11-9-19(10-12-20)22(27)23-16-21(26)25-24-15-17(2)14-18-7-5-4-6-8-18/h4-12,14-15H,3,13,16H2,1-2H3,(H,23,27)(H,25,26)/b17-14-,24-15+. The summed E-state index contributed by atoms with van der Waals surface area (Å²) in [7, 11) is 0. The lowest BCUT2D eigenvalue weighted by molar-refractivity contribution is -0.120. The molecule has 0 aliphatic heterocycles. The highest BCUT2D eigenvalue weighted by molar-refractivity contribution is 5.96. The van der Waals surface area contributed by atoms with E-state index in [-0.39, 0.29) is 12.5 Å². The van der Waals surface area contributed by atoms with E-state index >= 15 is 0 Å². The number of hydrogen-bond donors (Lipinski definition) is 2. The smallest absolute Gasteiger partial charge is 0.259 e. The van der Waals surface area contributed by atoms with Gasteiger partial charge in [0, 0.05) is 5.56 Å². The Kier molecular flexibility index (Phi) is 8.46. The maximum Gasteiger partial charge on any atom is 0.259 e. The summed E-state index contributed by atoms with van der Waals surface area (Å²) < 4.78 is 5.47. The third-order valence-corrected chi connectivity index (χ3v) is 3.65. The minimum absolute atomic E-state index is 0.161. The number of benzene rings is 2. The van der Waals surface area contributed by atoms with Crippen LogP contribution in [-0.4, -0.2) is 31.2 Å². The van der Waals surface area contributed by atoms with Crippen molar-refractivity contribution < 1.29 is 14.3 Å². The van der Waals surface area contributed by atoms with Crippen LogP contribution in [0.3, 0.4) is 0 Å². The van der Waals surface area contributed by atoms with E-state index in [0.29, 0.717) is 17.9 Å². The monoisotopic (exact) mass is 379 g/mol. The van der Waals surface area contributed by atoms with Crippen molar-refractivity contribution in [1.82, 2.24) is 10.7 Å². The fourth-order valence-electron chi connectivity index (χ4n) is 2.28. The van der Waals surface area contributed by atoms with Crippen LogP contribution < -0.4 is 15.5 Å². The molecule has 0 aliphatic carbocycles. The fourth-order valence-corrected chi connectivity index (χ4v) is 2.28. The highest BCUT2D eigenvalue weighted by Gasteiger charge is 2.07. The maximum atomic E-state index is 12.1. The van der Waals surface area contributed by atoms with Crippen molar-refractivity contribution in [3.05, 3.63) is 71.3 Å². The zero-order valence-corrected chi connectivity index (χ0v) is 16.1. The van der Waals surface area contributed by atoms with E-state index in [4.69, 9.17) is 4.74 Å². The first-order valence-electron chi connectivity index (χ1n) is 9.15. The van der Waals surface area contributed by atoms with E-state index in [9.17, 15) is 9.59 Å². The highest BCUT2D eigenvalue weighted by atomic mass is 16.5. The Labute approximate surface area is 165 Å². The third-order valence-electron chi connectivity index (χ3n) is 3.65.